The Hall–Kier alpha value is -1.83. The molecule has 0 spiro atoms. The van der Waals surface area contributed by atoms with E-state index in [0.717, 1.165) is 24.0 Å². The Balaban J connectivity index is 1.69. The number of esters is 1. The van der Waals surface area contributed by atoms with Crippen molar-refractivity contribution in [1.29, 1.82) is 0 Å². The lowest BCUT2D eigenvalue weighted by atomic mass is 9.83. The van der Waals surface area contributed by atoms with Crippen molar-refractivity contribution in [3.05, 3.63) is 56.9 Å². The van der Waals surface area contributed by atoms with Gasteiger partial charge in [0, 0.05) is 6.42 Å². The molecule has 10 heteroatoms. The third-order valence-corrected chi connectivity index (χ3v) is 5.21. The maximum absolute atomic E-state index is 12.5. The summed E-state index contributed by atoms with van der Waals surface area (Å²) in [4.78, 5) is 26.9. The third kappa shape index (κ3) is 4.36. The molecule has 0 bridgehead atoms. The van der Waals surface area contributed by atoms with Crippen LogP contribution >= 0.6 is 34.8 Å². The molecule has 1 aromatic rings. The lowest BCUT2D eigenvalue weighted by Gasteiger charge is -2.25. The maximum Gasteiger partial charge on any atom is 0.324 e. The van der Waals surface area contributed by atoms with E-state index in [0.29, 0.717) is 6.42 Å². The molecule has 1 heterocycles. The van der Waals surface area contributed by atoms with Gasteiger partial charge in [0.15, 0.2) is 5.29 Å². The molecule has 144 valence electrons. The maximum atomic E-state index is 12.5. The van der Waals surface area contributed by atoms with E-state index in [4.69, 9.17) is 39.5 Å². The Morgan fingerprint density at radius 1 is 1.41 bits per heavy atom. The first kappa shape index (κ1) is 19.9. The van der Waals surface area contributed by atoms with Gasteiger partial charge in [-0.1, -0.05) is 47.5 Å². The number of carbonyl (C=O) groups is 1. The minimum Gasteiger partial charge on any atom is -0.465 e. The number of hydrogen-bond acceptors (Lipinski definition) is 6. The van der Waals surface area contributed by atoms with Crippen molar-refractivity contribution in [3.8, 4) is 0 Å². The Kier molecular flexibility index (Phi) is 5.93. The first-order valence-corrected chi connectivity index (χ1v) is 9.45. The molecule has 0 saturated heterocycles. The molecule has 1 aliphatic heterocycles. The molecule has 0 aromatic heterocycles. The zero-order chi connectivity index (χ0) is 19.6. The predicted octanol–water partition coefficient (Wildman–Crippen LogP) is 3.86. The predicted molar refractivity (Wildman–Crippen MR) is 103 cm³/mol. The van der Waals surface area contributed by atoms with Gasteiger partial charge in [0.1, 0.15) is 5.70 Å². The number of aliphatic imine (C=N–C) groups is 1. The number of rotatable bonds is 5. The van der Waals surface area contributed by atoms with Crippen LogP contribution in [0.25, 0.3) is 0 Å². The number of aryl methyl sites for hydroxylation is 1. The molecule has 1 aliphatic carbocycles. The number of nitrogens with zero attached hydrogens (tertiary/aromatic N) is 2. The zero-order valence-corrected chi connectivity index (χ0v) is 16.4. The highest BCUT2D eigenvalue weighted by Gasteiger charge is 2.45. The summed E-state index contributed by atoms with van der Waals surface area (Å²) in [5, 5.41) is 13.4. The van der Waals surface area contributed by atoms with Gasteiger partial charge in [0.05, 0.1) is 17.4 Å². The lowest BCUT2D eigenvalue weighted by Crippen LogP contribution is -2.44. The summed E-state index contributed by atoms with van der Waals surface area (Å²) in [6, 6.07) is 7.78. The highest BCUT2D eigenvalue weighted by Crippen LogP contribution is 2.35. The Labute approximate surface area is 170 Å². The fraction of sp³-hybridized carbons (Fsp3) is 0.412. The van der Waals surface area contributed by atoms with E-state index >= 15 is 0 Å². The summed E-state index contributed by atoms with van der Waals surface area (Å²) in [5.41, 5.74) is 1.55. The van der Waals surface area contributed by atoms with Crippen LogP contribution in [0.2, 0.25) is 0 Å². The van der Waals surface area contributed by atoms with E-state index in [1.165, 1.54) is 0 Å². The topological polar surface area (TPSA) is 93.8 Å². The van der Waals surface area contributed by atoms with Gasteiger partial charge < -0.3 is 10.1 Å². The Morgan fingerprint density at radius 3 is 2.89 bits per heavy atom. The molecule has 0 saturated carbocycles. The Bertz CT molecular complexity index is 838. The van der Waals surface area contributed by atoms with Crippen LogP contribution in [-0.2, 0) is 16.0 Å². The monoisotopic (exact) mass is 431 g/mol. The number of ether oxygens (including phenoxy) is 1. The zero-order valence-electron chi connectivity index (χ0n) is 14.1. The molecular formula is C17H16Cl3N3O4. The van der Waals surface area contributed by atoms with E-state index in [1.807, 2.05) is 24.3 Å². The van der Waals surface area contributed by atoms with Gasteiger partial charge in [-0.05, 0) is 42.0 Å². The molecule has 1 N–H and O–H groups in total. The highest BCUT2D eigenvalue weighted by molar-refractivity contribution is 6.66. The number of hydrogen-bond donors (Lipinski definition) is 1. The molecule has 0 radical (unpaired) electrons. The number of halogens is 3. The van der Waals surface area contributed by atoms with Crippen molar-refractivity contribution >= 4 is 46.1 Å². The number of fused-ring (bicyclic) bond motifs is 1. The van der Waals surface area contributed by atoms with Crippen LogP contribution in [0.3, 0.4) is 0 Å². The van der Waals surface area contributed by atoms with E-state index in [1.54, 1.807) is 0 Å². The van der Waals surface area contributed by atoms with Crippen LogP contribution in [0.4, 0.5) is 0 Å². The lowest BCUT2D eigenvalue weighted by molar-refractivity contribution is -0.431. The molecule has 1 atom stereocenters. The van der Waals surface area contributed by atoms with Gasteiger partial charge in [0.2, 0.25) is 0 Å². The average Bonchev–Trinajstić information content (AvgIpc) is 2.59. The van der Waals surface area contributed by atoms with Gasteiger partial charge in [-0.3, -0.25) is 14.9 Å². The molecule has 1 aromatic carbocycles. The fourth-order valence-corrected chi connectivity index (χ4v) is 4.19. The third-order valence-electron chi connectivity index (χ3n) is 4.48. The van der Waals surface area contributed by atoms with Crippen LogP contribution in [0.1, 0.15) is 36.3 Å². The second kappa shape index (κ2) is 8.04. The quantitative estimate of drug-likeness (QED) is 0.251. The second-order valence-corrected chi connectivity index (χ2v) is 7.90. The van der Waals surface area contributed by atoms with Crippen molar-refractivity contribution < 1.29 is 14.5 Å². The summed E-state index contributed by atoms with van der Waals surface area (Å²) in [7, 11) is 0. The summed E-state index contributed by atoms with van der Waals surface area (Å²) in [6.07, 6.45) is 2.52. The number of alkyl halides is 2. The molecule has 27 heavy (non-hydrogen) atoms. The number of amidine groups is 1. The minimum absolute atomic E-state index is 0.0322. The summed E-state index contributed by atoms with van der Waals surface area (Å²) >= 11 is 17.6. The standard InChI is InChI=1S/C17H16Cl3N3O4/c18-16-21-13(14(23(25)26)17(19,20)22-16)8-9-27-15(24)12-7-3-5-10-4-1-2-6-11(10)12/h1-2,4,6,12H,3,5,7-9H2,(H,21,22). The average molecular weight is 433 g/mol. The smallest absolute Gasteiger partial charge is 0.324 e. The molecule has 2 aliphatic rings. The second-order valence-electron chi connectivity index (χ2n) is 6.22. The Morgan fingerprint density at radius 2 is 2.15 bits per heavy atom. The SMILES string of the molecule is O=C(OCCC1=C([N+](=O)[O-])C(Cl)(Cl)NC(Cl)=N1)C1CCCc2ccccc21. The van der Waals surface area contributed by atoms with Gasteiger partial charge in [-0.15, -0.1) is 0 Å². The van der Waals surface area contributed by atoms with Crippen molar-refractivity contribution in [3.63, 3.8) is 0 Å². The van der Waals surface area contributed by atoms with Crippen LogP contribution in [0.15, 0.2) is 40.7 Å². The summed E-state index contributed by atoms with van der Waals surface area (Å²) < 4.78 is 3.35. The number of nitrogens with one attached hydrogen (secondary N) is 1. The molecule has 0 amide bonds. The van der Waals surface area contributed by atoms with Gasteiger partial charge in [0.25, 0.3) is 4.46 Å². The molecule has 1 unspecified atom stereocenters. The summed E-state index contributed by atoms with van der Waals surface area (Å²) in [5.74, 6) is -0.698. The molecule has 7 nitrogen and oxygen atoms in total. The molecule has 0 fully saturated rings. The van der Waals surface area contributed by atoms with Crippen molar-refractivity contribution in [2.75, 3.05) is 6.61 Å². The summed E-state index contributed by atoms with van der Waals surface area (Å²) in [6.45, 7) is -0.0955. The number of nitro groups is 1. The first-order chi connectivity index (χ1) is 12.8. The first-order valence-electron chi connectivity index (χ1n) is 8.32. The van der Waals surface area contributed by atoms with E-state index in [-0.39, 0.29) is 35.9 Å². The van der Waals surface area contributed by atoms with Gasteiger partial charge >= 0.3 is 11.7 Å². The van der Waals surface area contributed by atoms with E-state index in [2.05, 4.69) is 10.3 Å². The molecular weight excluding hydrogens is 417 g/mol. The van der Waals surface area contributed by atoms with Gasteiger partial charge in [-0.25, -0.2) is 4.99 Å². The van der Waals surface area contributed by atoms with Crippen molar-refractivity contribution in [1.82, 2.24) is 5.32 Å². The van der Waals surface area contributed by atoms with Crippen LogP contribution in [0, 0.1) is 10.1 Å². The molecule has 3 rings (SSSR count). The largest absolute Gasteiger partial charge is 0.465 e. The number of benzene rings is 1. The van der Waals surface area contributed by atoms with E-state index < -0.39 is 15.1 Å². The van der Waals surface area contributed by atoms with Crippen LogP contribution < -0.4 is 5.32 Å². The van der Waals surface area contributed by atoms with Gasteiger partial charge in [-0.2, -0.15) is 0 Å². The van der Waals surface area contributed by atoms with Crippen molar-refractivity contribution in [2.45, 2.75) is 36.1 Å². The normalized spacial score (nSPS) is 21.0. The van der Waals surface area contributed by atoms with E-state index in [9.17, 15) is 14.9 Å². The van der Waals surface area contributed by atoms with Crippen LogP contribution in [-0.4, -0.2) is 27.3 Å². The minimum atomic E-state index is -2.01. The number of carbonyl (C=O) groups excluding carboxylic acids is 1. The van der Waals surface area contributed by atoms with Crippen LogP contribution in [0.5, 0.6) is 0 Å². The van der Waals surface area contributed by atoms with Crippen molar-refractivity contribution in [2.24, 2.45) is 4.99 Å². The fourth-order valence-electron chi connectivity index (χ4n) is 3.31. The highest BCUT2D eigenvalue weighted by atomic mass is 35.5.